The van der Waals surface area contributed by atoms with E-state index >= 15 is 0 Å². The minimum atomic E-state index is -0.00317. The zero-order valence-electron chi connectivity index (χ0n) is 15.6. The third kappa shape index (κ3) is 5.72. The summed E-state index contributed by atoms with van der Waals surface area (Å²) in [6.45, 7) is 6.99. The van der Waals surface area contributed by atoms with E-state index in [1.54, 1.807) is 4.90 Å². The van der Waals surface area contributed by atoms with Crippen LogP contribution in [0.15, 0.2) is 24.3 Å². The van der Waals surface area contributed by atoms with Gasteiger partial charge < -0.3 is 15.1 Å². The number of hydrogen-bond donors (Lipinski definition) is 1. The summed E-state index contributed by atoms with van der Waals surface area (Å²) in [5.41, 5.74) is 1.76. The number of amides is 2. The van der Waals surface area contributed by atoms with E-state index in [0.29, 0.717) is 12.5 Å². The van der Waals surface area contributed by atoms with Crippen LogP contribution in [0, 0.1) is 11.8 Å². The quantitative estimate of drug-likeness (QED) is 0.840. The number of hydrogen-bond acceptors (Lipinski definition) is 3. The van der Waals surface area contributed by atoms with Crippen LogP contribution in [-0.2, 0) is 11.3 Å². The first-order valence-electron chi connectivity index (χ1n) is 8.70. The number of carbonyl (C=O) groups excluding carboxylic acids is 2. The number of likely N-dealkylation sites (tertiary alicyclic amines) is 1. The first-order valence-corrected chi connectivity index (χ1v) is 8.70. The highest BCUT2D eigenvalue weighted by Gasteiger charge is 2.26. The number of nitrogens with one attached hydrogen (secondary N) is 1. The second-order valence-corrected chi connectivity index (χ2v) is 7.01. The minimum absolute atomic E-state index is 0. The Balaban J connectivity index is 0.00000312. The van der Waals surface area contributed by atoms with Crippen molar-refractivity contribution >= 4 is 24.2 Å². The smallest absolute Gasteiger partial charge is 0.253 e. The van der Waals surface area contributed by atoms with E-state index in [9.17, 15) is 9.59 Å². The van der Waals surface area contributed by atoms with Crippen LogP contribution in [0.3, 0.4) is 0 Å². The lowest BCUT2D eigenvalue weighted by atomic mass is 10.1. The van der Waals surface area contributed by atoms with Crippen molar-refractivity contribution in [2.75, 3.05) is 33.7 Å². The molecule has 2 amide bonds. The zero-order valence-corrected chi connectivity index (χ0v) is 16.4. The van der Waals surface area contributed by atoms with Crippen molar-refractivity contribution in [3.63, 3.8) is 0 Å². The molecule has 1 aliphatic rings. The van der Waals surface area contributed by atoms with Gasteiger partial charge in [0, 0.05) is 38.2 Å². The third-order valence-electron chi connectivity index (χ3n) is 4.56. The molecule has 0 aromatic heterocycles. The molecule has 1 saturated heterocycles. The fourth-order valence-corrected chi connectivity index (χ4v) is 3.20. The van der Waals surface area contributed by atoms with Crippen LogP contribution in [0.25, 0.3) is 0 Å². The summed E-state index contributed by atoms with van der Waals surface area (Å²) < 4.78 is 0. The molecule has 1 aliphatic heterocycles. The molecule has 140 valence electrons. The number of benzene rings is 1. The molecule has 1 N–H and O–H groups in total. The third-order valence-corrected chi connectivity index (χ3v) is 4.56. The maximum atomic E-state index is 12.6. The summed E-state index contributed by atoms with van der Waals surface area (Å²) in [7, 11) is 3.76. The summed E-state index contributed by atoms with van der Waals surface area (Å²) in [5, 5.41) is 3.18. The van der Waals surface area contributed by atoms with E-state index in [1.807, 2.05) is 57.1 Å². The molecule has 5 nitrogen and oxygen atoms in total. The number of carbonyl (C=O) groups is 2. The Morgan fingerprint density at radius 3 is 2.48 bits per heavy atom. The van der Waals surface area contributed by atoms with E-state index in [0.717, 1.165) is 37.2 Å². The van der Waals surface area contributed by atoms with Gasteiger partial charge in [-0.05, 0) is 43.6 Å². The highest BCUT2D eigenvalue weighted by Crippen LogP contribution is 2.18. The van der Waals surface area contributed by atoms with Gasteiger partial charge in [0.1, 0.15) is 0 Å². The van der Waals surface area contributed by atoms with Crippen molar-refractivity contribution in [1.29, 1.82) is 0 Å². The molecule has 1 aromatic rings. The Hall–Kier alpha value is -1.59. The van der Waals surface area contributed by atoms with Gasteiger partial charge in [-0.15, -0.1) is 12.4 Å². The van der Waals surface area contributed by atoms with Gasteiger partial charge in [-0.2, -0.15) is 0 Å². The molecule has 0 saturated carbocycles. The van der Waals surface area contributed by atoms with Crippen LogP contribution >= 0.6 is 12.4 Å². The van der Waals surface area contributed by atoms with E-state index < -0.39 is 0 Å². The van der Waals surface area contributed by atoms with Crippen molar-refractivity contribution in [3.8, 4) is 0 Å². The first kappa shape index (κ1) is 21.5. The molecule has 0 spiro atoms. The van der Waals surface area contributed by atoms with Gasteiger partial charge in [0.2, 0.25) is 5.91 Å². The molecule has 1 unspecified atom stereocenters. The summed E-state index contributed by atoms with van der Waals surface area (Å²) in [4.78, 5) is 28.2. The maximum Gasteiger partial charge on any atom is 0.253 e. The fourth-order valence-electron chi connectivity index (χ4n) is 3.20. The normalized spacial score (nSPS) is 16.7. The zero-order chi connectivity index (χ0) is 17.7. The van der Waals surface area contributed by atoms with Crippen LogP contribution in [0.2, 0.25) is 0 Å². The van der Waals surface area contributed by atoms with Gasteiger partial charge in [0.15, 0.2) is 0 Å². The summed E-state index contributed by atoms with van der Waals surface area (Å²) in [5.74, 6) is 0.778. The van der Waals surface area contributed by atoms with E-state index in [2.05, 4.69) is 5.32 Å². The van der Waals surface area contributed by atoms with Crippen LogP contribution < -0.4 is 5.32 Å². The monoisotopic (exact) mass is 367 g/mol. The molecule has 6 heteroatoms. The number of rotatable bonds is 6. The molecule has 1 fully saturated rings. The minimum Gasteiger partial charge on any atom is -0.341 e. The van der Waals surface area contributed by atoms with E-state index in [4.69, 9.17) is 0 Å². The van der Waals surface area contributed by atoms with E-state index in [1.165, 1.54) is 0 Å². The molecule has 0 bridgehead atoms. The Morgan fingerprint density at radius 2 is 1.92 bits per heavy atom. The van der Waals surface area contributed by atoms with Gasteiger partial charge in [-0.25, -0.2) is 0 Å². The number of halogens is 1. The topological polar surface area (TPSA) is 52.7 Å². The predicted molar refractivity (Wildman–Crippen MR) is 103 cm³/mol. The fraction of sp³-hybridized carbons (Fsp3) is 0.579. The highest BCUT2D eigenvalue weighted by atomic mass is 35.5. The molecule has 1 aromatic carbocycles. The standard InChI is InChI=1S/C19H29N3O2.ClH/c1-14(2)18(23)21(4)12-15-5-7-17(8-6-15)19(24)22-10-9-16(13-22)11-20-3;/h5-8,14,16,20H,9-13H2,1-4H3;1H. The van der Waals surface area contributed by atoms with Crippen molar-refractivity contribution in [1.82, 2.24) is 15.1 Å². The van der Waals surface area contributed by atoms with Gasteiger partial charge in [-0.1, -0.05) is 26.0 Å². The summed E-state index contributed by atoms with van der Waals surface area (Å²) in [6, 6.07) is 7.63. The summed E-state index contributed by atoms with van der Waals surface area (Å²) in [6.07, 6.45) is 1.06. The van der Waals surface area contributed by atoms with Gasteiger partial charge >= 0.3 is 0 Å². The summed E-state index contributed by atoms with van der Waals surface area (Å²) >= 11 is 0. The Bertz CT molecular complexity index is 575. The SMILES string of the molecule is CNCC1CCN(C(=O)c2ccc(CN(C)C(=O)C(C)C)cc2)C1.Cl. The molecule has 1 atom stereocenters. The van der Waals surface area contributed by atoms with Gasteiger partial charge in [-0.3, -0.25) is 9.59 Å². The molecule has 25 heavy (non-hydrogen) atoms. The Morgan fingerprint density at radius 1 is 1.28 bits per heavy atom. The largest absolute Gasteiger partial charge is 0.341 e. The van der Waals surface area contributed by atoms with Gasteiger partial charge in [0.25, 0.3) is 5.91 Å². The number of nitrogens with zero attached hydrogens (tertiary/aromatic N) is 2. The van der Waals surface area contributed by atoms with Crippen molar-refractivity contribution < 1.29 is 9.59 Å². The van der Waals surface area contributed by atoms with Crippen molar-refractivity contribution in [2.45, 2.75) is 26.8 Å². The molecule has 1 heterocycles. The van der Waals surface area contributed by atoms with Gasteiger partial charge in [0.05, 0.1) is 0 Å². The first-order chi connectivity index (χ1) is 11.4. The van der Waals surface area contributed by atoms with Crippen LogP contribution in [0.5, 0.6) is 0 Å². The second kappa shape index (κ2) is 9.78. The van der Waals surface area contributed by atoms with Crippen molar-refractivity contribution in [2.24, 2.45) is 11.8 Å². The van der Waals surface area contributed by atoms with Crippen LogP contribution in [0.4, 0.5) is 0 Å². The molecule has 0 aliphatic carbocycles. The van der Waals surface area contributed by atoms with Crippen molar-refractivity contribution in [3.05, 3.63) is 35.4 Å². The lowest BCUT2D eigenvalue weighted by molar-refractivity contribution is -0.133. The maximum absolute atomic E-state index is 12.6. The van der Waals surface area contributed by atoms with E-state index in [-0.39, 0.29) is 30.1 Å². The van der Waals surface area contributed by atoms with Crippen LogP contribution in [-0.4, -0.2) is 55.3 Å². The lowest BCUT2D eigenvalue weighted by Gasteiger charge is -2.20. The molecule has 0 radical (unpaired) electrons. The Labute approximate surface area is 157 Å². The van der Waals surface area contributed by atoms with Crippen LogP contribution in [0.1, 0.15) is 36.2 Å². The second-order valence-electron chi connectivity index (χ2n) is 7.01. The highest BCUT2D eigenvalue weighted by molar-refractivity contribution is 5.94. The predicted octanol–water partition coefficient (Wildman–Crippen LogP) is 2.40. The molecular formula is C19H30ClN3O2. The molecule has 2 rings (SSSR count). The average molecular weight is 368 g/mol. The Kier molecular flexibility index (Phi) is 8.39. The average Bonchev–Trinajstić information content (AvgIpc) is 3.03. The molecular weight excluding hydrogens is 338 g/mol. The lowest BCUT2D eigenvalue weighted by Crippen LogP contribution is -2.31.